The standard InChI is InChI=1S/C21H17FO5/c1-2-14-9-17-15(10-21(25)27-19(17)11-18(14)23)12-26-20(24)7-6-13-4-3-5-16(22)8-13/h3-11,23H,2,12H2,1H3/b7-6+. The fourth-order valence-electron chi connectivity index (χ4n) is 2.68. The first-order valence-electron chi connectivity index (χ1n) is 8.35. The normalized spacial score (nSPS) is 11.2. The van der Waals surface area contributed by atoms with Gasteiger partial charge in [0, 0.05) is 29.2 Å². The van der Waals surface area contributed by atoms with E-state index in [-0.39, 0.29) is 17.9 Å². The zero-order valence-electron chi connectivity index (χ0n) is 14.6. The number of carbonyl (C=O) groups excluding carboxylic acids is 1. The minimum atomic E-state index is -0.629. The van der Waals surface area contributed by atoms with Gasteiger partial charge in [-0.25, -0.2) is 14.0 Å². The monoisotopic (exact) mass is 368 g/mol. The van der Waals surface area contributed by atoms with E-state index >= 15 is 0 Å². The molecule has 3 aromatic rings. The lowest BCUT2D eigenvalue weighted by atomic mass is 10.0. The lowest BCUT2D eigenvalue weighted by Crippen LogP contribution is -2.06. The minimum absolute atomic E-state index is 0.0420. The van der Waals surface area contributed by atoms with Gasteiger partial charge in [-0.15, -0.1) is 0 Å². The second-order valence-electron chi connectivity index (χ2n) is 5.92. The fourth-order valence-corrected chi connectivity index (χ4v) is 2.68. The van der Waals surface area contributed by atoms with E-state index in [0.717, 1.165) is 0 Å². The van der Waals surface area contributed by atoms with Crippen LogP contribution in [-0.4, -0.2) is 11.1 Å². The number of hydrogen-bond donors (Lipinski definition) is 1. The summed E-state index contributed by atoms with van der Waals surface area (Å²) >= 11 is 0. The summed E-state index contributed by atoms with van der Waals surface area (Å²) in [5.41, 5.74) is 1.31. The highest BCUT2D eigenvalue weighted by molar-refractivity contribution is 5.87. The van der Waals surface area contributed by atoms with Crippen LogP contribution < -0.4 is 5.63 Å². The molecule has 0 aliphatic carbocycles. The molecular weight excluding hydrogens is 351 g/mol. The third kappa shape index (κ3) is 4.41. The Balaban J connectivity index is 1.80. The van der Waals surface area contributed by atoms with Crippen LogP contribution in [0.2, 0.25) is 0 Å². The van der Waals surface area contributed by atoms with E-state index in [1.165, 1.54) is 42.5 Å². The van der Waals surface area contributed by atoms with Gasteiger partial charge in [0.2, 0.25) is 0 Å². The number of rotatable bonds is 5. The SMILES string of the molecule is CCc1cc2c(COC(=O)/C=C/c3cccc(F)c3)cc(=O)oc2cc1O. The highest BCUT2D eigenvalue weighted by atomic mass is 19.1. The Hall–Kier alpha value is -3.41. The van der Waals surface area contributed by atoms with Gasteiger partial charge in [-0.3, -0.25) is 0 Å². The van der Waals surface area contributed by atoms with Gasteiger partial charge in [-0.05, 0) is 41.8 Å². The summed E-state index contributed by atoms with van der Waals surface area (Å²) in [6.45, 7) is 1.75. The molecule has 27 heavy (non-hydrogen) atoms. The number of carbonyl (C=O) groups is 1. The third-order valence-electron chi connectivity index (χ3n) is 4.04. The van der Waals surface area contributed by atoms with Gasteiger partial charge >= 0.3 is 11.6 Å². The van der Waals surface area contributed by atoms with Crippen molar-refractivity contribution in [1.29, 1.82) is 0 Å². The molecule has 2 aromatic carbocycles. The summed E-state index contributed by atoms with van der Waals surface area (Å²) in [5, 5.41) is 10.5. The highest BCUT2D eigenvalue weighted by Gasteiger charge is 2.11. The van der Waals surface area contributed by atoms with E-state index in [1.807, 2.05) is 6.92 Å². The number of fused-ring (bicyclic) bond motifs is 1. The predicted molar refractivity (Wildman–Crippen MR) is 98.8 cm³/mol. The molecule has 1 N–H and O–H groups in total. The summed E-state index contributed by atoms with van der Waals surface area (Å²) in [5.74, 6) is -0.988. The van der Waals surface area contributed by atoms with E-state index in [1.54, 1.807) is 12.1 Å². The average Bonchev–Trinajstić information content (AvgIpc) is 2.63. The summed E-state index contributed by atoms with van der Waals surface area (Å²) < 4.78 is 23.4. The van der Waals surface area contributed by atoms with Crippen molar-refractivity contribution in [2.45, 2.75) is 20.0 Å². The maximum Gasteiger partial charge on any atom is 0.336 e. The van der Waals surface area contributed by atoms with Crippen molar-refractivity contribution in [2.24, 2.45) is 0 Å². The van der Waals surface area contributed by atoms with Crippen molar-refractivity contribution in [3.05, 3.63) is 81.5 Å². The Bertz CT molecular complexity index is 1080. The number of benzene rings is 2. The molecule has 0 spiro atoms. The molecule has 0 fully saturated rings. The molecule has 0 amide bonds. The number of phenolic OH excluding ortho intramolecular Hbond substituents is 1. The molecule has 138 valence electrons. The Morgan fingerprint density at radius 1 is 1.22 bits per heavy atom. The Labute approximate surface area is 154 Å². The zero-order chi connectivity index (χ0) is 19.4. The molecule has 0 bridgehead atoms. The molecule has 3 rings (SSSR count). The van der Waals surface area contributed by atoms with Crippen LogP contribution in [0.5, 0.6) is 5.75 Å². The Morgan fingerprint density at radius 2 is 2.04 bits per heavy atom. The molecule has 0 atom stereocenters. The first-order chi connectivity index (χ1) is 13.0. The number of halogens is 1. The summed E-state index contributed by atoms with van der Waals surface area (Å²) in [6.07, 6.45) is 3.22. The van der Waals surface area contributed by atoms with E-state index in [2.05, 4.69) is 0 Å². The van der Waals surface area contributed by atoms with Crippen molar-refractivity contribution in [3.63, 3.8) is 0 Å². The van der Waals surface area contributed by atoms with Crippen LogP contribution in [0.4, 0.5) is 4.39 Å². The van der Waals surface area contributed by atoms with Crippen LogP contribution in [0.25, 0.3) is 17.0 Å². The van der Waals surface area contributed by atoms with Crippen LogP contribution in [0.1, 0.15) is 23.6 Å². The zero-order valence-corrected chi connectivity index (χ0v) is 14.6. The Kier molecular flexibility index (Phi) is 5.35. The molecule has 0 saturated carbocycles. The lowest BCUT2D eigenvalue weighted by Gasteiger charge is -2.08. The predicted octanol–water partition coefficient (Wildman–Crippen LogP) is 3.96. The molecule has 0 unspecified atom stereocenters. The molecule has 0 saturated heterocycles. The number of hydrogen-bond acceptors (Lipinski definition) is 5. The summed E-state index contributed by atoms with van der Waals surface area (Å²) in [6, 6.07) is 10.1. The summed E-state index contributed by atoms with van der Waals surface area (Å²) in [4.78, 5) is 23.6. The van der Waals surface area contributed by atoms with Crippen LogP contribution in [0.15, 0.2) is 57.8 Å². The van der Waals surface area contributed by atoms with Gasteiger partial charge in [0.25, 0.3) is 0 Å². The number of esters is 1. The van der Waals surface area contributed by atoms with Gasteiger partial charge in [0.1, 0.15) is 23.8 Å². The van der Waals surface area contributed by atoms with Gasteiger partial charge < -0.3 is 14.3 Å². The van der Waals surface area contributed by atoms with Crippen LogP contribution >= 0.6 is 0 Å². The first kappa shape index (κ1) is 18.4. The van der Waals surface area contributed by atoms with Gasteiger partial charge in [0.05, 0.1) is 0 Å². The molecule has 0 aliphatic heterocycles. The van der Waals surface area contributed by atoms with E-state index in [4.69, 9.17) is 9.15 Å². The quantitative estimate of drug-likeness (QED) is 0.419. The summed E-state index contributed by atoms with van der Waals surface area (Å²) in [7, 11) is 0. The number of aryl methyl sites for hydroxylation is 1. The smallest absolute Gasteiger partial charge is 0.336 e. The van der Waals surface area contributed by atoms with Crippen molar-refractivity contribution in [3.8, 4) is 5.75 Å². The van der Waals surface area contributed by atoms with Crippen molar-refractivity contribution in [1.82, 2.24) is 0 Å². The van der Waals surface area contributed by atoms with E-state index in [0.29, 0.717) is 28.5 Å². The van der Waals surface area contributed by atoms with Crippen molar-refractivity contribution in [2.75, 3.05) is 0 Å². The van der Waals surface area contributed by atoms with Gasteiger partial charge in [-0.2, -0.15) is 0 Å². The second kappa shape index (κ2) is 7.86. The molecule has 5 nitrogen and oxygen atoms in total. The molecule has 0 aliphatic rings. The number of phenols is 1. The van der Waals surface area contributed by atoms with Crippen LogP contribution in [0, 0.1) is 5.82 Å². The largest absolute Gasteiger partial charge is 0.508 e. The average molecular weight is 368 g/mol. The number of ether oxygens (including phenoxy) is 1. The van der Waals surface area contributed by atoms with Crippen molar-refractivity contribution < 1.29 is 23.4 Å². The molecule has 0 radical (unpaired) electrons. The molecular formula is C21H17FO5. The lowest BCUT2D eigenvalue weighted by molar-refractivity contribution is -0.138. The van der Waals surface area contributed by atoms with E-state index in [9.17, 15) is 19.1 Å². The first-order valence-corrected chi connectivity index (χ1v) is 8.35. The van der Waals surface area contributed by atoms with E-state index < -0.39 is 17.4 Å². The minimum Gasteiger partial charge on any atom is -0.508 e. The third-order valence-corrected chi connectivity index (χ3v) is 4.04. The van der Waals surface area contributed by atoms with Crippen LogP contribution in [0.3, 0.4) is 0 Å². The molecule has 1 heterocycles. The molecule has 6 heteroatoms. The maximum atomic E-state index is 13.1. The topological polar surface area (TPSA) is 76.7 Å². The fraction of sp³-hybridized carbons (Fsp3) is 0.143. The van der Waals surface area contributed by atoms with Crippen molar-refractivity contribution >= 4 is 23.0 Å². The Morgan fingerprint density at radius 3 is 2.78 bits per heavy atom. The highest BCUT2D eigenvalue weighted by Crippen LogP contribution is 2.27. The van der Waals surface area contributed by atoms with Gasteiger partial charge in [0.15, 0.2) is 0 Å². The second-order valence-corrected chi connectivity index (χ2v) is 5.92. The maximum absolute atomic E-state index is 13.1. The van der Waals surface area contributed by atoms with Gasteiger partial charge in [-0.1, -0.05) is 19.1 Å². The molecule has 1 aromatic heterocycles. The number of aromatic hydroxyl groups is 1. The van der Waals surface area contributed by atoms with Crippen LogP contribution in [-0.2, 0) is 22.6 Å².